The minimum atomic E-state index is -0.483. The van der Waals surface area contributed by atoms with Crippen molar-refractivity contribution in [3.05, 3.63) is 24.4 Å². The number of hydrogen-bond acceptors (Lipinski definition) is 4. The summed E-state index contributed by atoms with van der Waals surface area (Å²) in [7, 11) is -0.483. The molecule has 0 amide bonds. The molecule has 0 bridgehead atoms. The van der Waals surface area contributed by atoms with Gasteiger partial charge in [0, 0.05) is 6.20 Å². The van der Waals surface area contributed by atoms with Crippen LogP contribution >= 0.6 is 0 Å². The summed E-state index contributed by atoms with van der Waals surface area (Å²) < 4.78 is 11.9. The van der Waals surface area contributed by atoms with Crippen LogP contribution in [-0.2, 0) is 9.31 Å². The average molecular weight is 246 g/mol. The van der Waals surface area contributed by atoms with Crippen molar-refractivity contribution in [2.24, 2.45) is 0 Å². The maximum atomic E-state index is 5.96. The van der Waals surface area contributed by atoms with Crippen molar-refractivity contribution in [1.29, 1.82) is 0 Å². The Labute approximate surface area is 108 Å². The summed E-state index contributed by atoms with van der Waals surface area (Å²) in [6, 6.07) is 1.82. The van der Waals surface area contributed by atoms with Gasteiger partial charge in [-0.25, -0.2) is 0 Å². The molecule has 5 heteroatoms. The first-order chi connectivity index (χ1) is 8.27. The topological polar surface area (TPSA) is 57.4 Å². The Kier molecular flexibility index (Phi) is 2.99. The second kappa shape index (κ2) is 4.11. The SMILES string of the molecule is C=Cc1cc(N)cnc1B1OC(C)(C)C(C)(C)O1. The Balaban J connectivity index is 2.38. The van der Waals surface area contributed by atoms with Crippen LogP contribution in [0.3, 0.4) is 0 Å². The van der Waals surface area contributed by atoms with Gasteiger partial charge in [-0.15, -0.1) is 0 Å². The van der Waals surface area contributed by atoms with Crippen LogP contribution in [0.5, 0.6) is 0 Å². The molecule has 0 aliphatic carbocycles. The molecule has 1 aliphatic heterocycles. The van der Waals surface area contributed by atoms with E-state index in [-0.39, 0.29) is 11.2 Å². The zero-order valence-corrected chi connectivity index (χ0v) is 11.4. The first-order valence-corrected chi connectivity index (χ1v) is 6.00. The summed E-state index contributed by atoms with van der Waals surface area (Å²) >= 11 is 0. The lowest BCUT2D eigenvalue weighted by Crippen LogP contribution is -2.41. The second-order valence-corrected chi connectivity index (χ2v) is 5.54. The summed E-state index contributed by atoms with van der Waals surface area (Å²) in [5.41, 5.74) is 7.13. The third-order valence-electron chi connectivity index (χ3n) is 3.67. The number of anilines is 1. The molecule has 0 atom stereocenters. The molecule has 0 radical (unpaired) electrons. The molecule has 1 aromatic heterocycles. The van der Waals surface area contributed by atoms with E-state index in [1.54, 1.807) is 12.3 Å². The van der Waals surface area contributed by atoms with Crippen LogP contribution in [-0.4, -0.2) is 23.3 Å². The Morgan fingerprint density at radius 1 is 1.28 bits per heavy atom. The Morgan fingerprint density at radius 3 is 2.33 bits per heavy atom. The van der Waals surface area contributed by atoms with Crippen molar-refractivity contribution < 1.29 is 9.31 Å². The van der Waals surface area contributed by atoms with Crippen molar-refractivity contribution >= 4 is 24.5 Å². The highest BCUT2D eigenvalue weighted by Gasteiger charge is 2.52. The summed E-state index contributed by atoms with van der Waals surface area (Å²) in [5, 5.41) is 0. The van der Waals surface area contributed by atoms with Crippen molar-refractivity contribution in [2.45, 2.75) is 38.9 Å². The van der Waals surface area contributed by atoms with Gasteiger partial charge in [-0.3, -0.25) is 4.98 Å². The maximum absolute atomic E-state index is 5.96. The minimum Gasteiger partial charge on any atom is -0.398 e. The fourth-order valence-electron chi connectivity index (χ4n) is 1.82. The number of hydrogen-bond donors (Lipinski definition) is 1. The number of nitrogens with two attached hydrogens (primary N) is 1. The molecule has 2 rings (SSSR count). The van der Waals surface area contributed by atoms with Gasteiger partial charge in [0.25, 0.3) is 0 Å². The molecule has 0 saturated carbocycles. The van der Waals surface area contributed by atoms with Crippen molar-refractivity contribution in [3.63, 3.8) is 0 Å². The Hall–Kier alpha value is -1.33. The lowest BCUT2D eigenvalue weighted by Gasteiger charge is -2.32. The Bertz CT molecular complexity index is 470. The van der Waals surface area contributed by atoms with Crippen LogP contribution in [0.15, 0.2) is 18.8 Å². The highest BCUT2D eigenvalue weighted by atomic mass is 16.7. The highest BCUT2D eigenvalue weighted by molar-refractivity contribution is 6.62. The molecule has 18 heavy (non-hydrogen) atoms. The van der Waals surface area contributed by atoms with Gasteiger partial charge in [-0.05, 0) is 39.3 Å². The standard InChI is InChI=1S/C13H19BN2O2/c1-6-9-7-10(15)8-16-11(9)14-17-12(2,3)13(4,5)18-14/h6-8H,1,15H2,2-5H3. The maximum Gasteiger partial charge on any atom is 0.515 e. The van der Waals surface area contributed by atoms with Crippen LogP contribution in [0.4, 0.5) is 5.69 Å². The van der Waals surface area contributed by atoms with Crippen LogP contribution in [0, 0.1) is 0 Å². The largest absolute Gasteiger partial charge is 0.515 e. The summed E-state index contributed by atoms with van der Waals surface area (Å²) in [6.45, 7) is 11.8. The van der Waals surface area contributed by atoms with Crippen molar-refractivity contribution in [3.8, 4) is 0 Å². The van der Waals surface area contributed by atoms with Gasteiger partial charge in [0.05, 0.1) is 22.5 Å². The van der Waals surface area contributed by atoms with E-state index in [9.17, 15) is 0 Å². The molecular formula is C13H19BN2O2. The smallest absolute Gasteiger partial charge is 0.398 e. The molecule has 1 aromatic rings. The van der Waals surface area contributed by atoms with Gasteiger partial charge in [0.1, 0.15) is 0 Å². The van der Waals surface area contributed by atoms with Crippen molar-refractivity contribution in [2.75, 3.05) is 5.73 Å². The molecule has 0 unspecified atom stereocenters. The van der Waals surface area contributed by atoms with E-state index < -0.39 is 7.12 Å². The predicted molar refractivity (Wildman–Crippen MR) is 74.5 cm³/mol. The van der Waals surface area contributed by atoms with E-state index in [2.05, 4.69) is 11.6 Å². The molecule has 1 fully saturated rings. The van der Waals surface area contributed by atoms with Crippen molar-refractivity contribution in [1.82, 2.24) is 4.98 Å². The van der Waals surface area contributed by atoms with Gasteiger partial charge in [-0.1, -0.05) is 12.7 Å². The molecule has 0 aromatic carbocycles. The van der Waals surface area contributed by atoms with E-state index >= 15 is 0 Å². The third-order valence-corrected chi connectivity index (χ3v) is 3.67. The predicted octanol–water partition coefficient (Wildman–Crippen LogP) is 1.61. The number of pyridine rings is 1. The summed E-state index contributed by atoms with van der Waals surface area (Å²) in [6.07, 6.45) is 3.32. The van der Waals surface area contributed by atoms with E-state index in [1.165, 1.54) is 0 Å². The van der Waals surface area contributed by atoms with Gasteiger partial charge in [0.2, 0.25) is 0 Å². The molecule has 0 spiro atoms. The van der Waals surface area contributed by atoms with Gasteiger partial charge >= 0.3 is 7.12 Å². The van der Waals surface area contributed by atoms with Gasteiger partial charge in [0.15, 0.2) is 0 Å². The zero-order valence-electron chi connectivity index (χ0n) is 11.4. The van der Waals surface area contributed by atoms with E-state index in [0.29, 0.717) is 5.69 Å². The zero-order chi connectivity index (χ0) is 13.6. The first-order valence-electron chi connectivity index (χ1n) is 6.00. The van der Waals surface area contributed by atoms with Gasteiger partial charge < -0.3 is 15.0 Å². The minimum absolute atomic E-state index is 0.376. The molecule has 4 nitrogen and oxygen atoms in total. The first kappa shape index (κ1) is 13.1. The van der Waals surface area contributed by atoms with Crippen LogP contribution in [0.2, 0.25) is 0 Å². The molecule has 1 aliphatic rings. The number of aromatic nitrogens is 1. The fraction of sp³-hybridized carbons (Fsp3) is 0.462. The Morgan fingerprint density at radius 2 is 1.83 bits per heavy atom. The van der Waals surface area contributed by atoms with Crippen LogP contribution in [0.1, 0.15) is 33.3 Å². The fourth-order valence-corrected chi connectivity index (χ4v) is 1.82. The van der Waals surface area contributed by atoms with Crippen LogP contribution < -0.4 is 11.3 Å². The van der Waals surface area contributed by atoms with E-state index in [4.69, 9.17) is 15.0 Å². The molecule has 2 heterocycles. The quantitative estimate of drug-likeness (QED) is 0.805. The number of rotatable bonds is 2. The van der Waals surface area contributed by atoms with Crippen LogP contribution in [0.25, 0.3) is 6.08 Å². The van der Waals surface area contributed by atoms with E-state index in [0.717, 1.165) is 11.2 Å². The lowest BCUT2D eigenvalue weighted by atomic mass is 9.81. The lowest BCUT2D eigenvalue weighted by molar-refractivity contribution is 0.00578. The number of nitrogen functional groups attached to an aromatic ring is 1. The number of nitrogens with zero attached hydrogens (tertiary/aromatic N) is 1. The highest BCUT2D eigenvalue weighted by Crippen LogP contribution is 2.36. The summed E-state index contributed by atoms with van der Waals surface area (Å²) in [4.78, 5) is 4.32. The van der Waals surface area contributed by atoms with E-state index in [1.807, 2.05) is 33.8 Å². The second-order valence-electron chi connectivity index (χ2n) is 5.54. The normalized spacial score (nSPS) is 21.0. The average Bonchev–Trinajstić information content (AvgIpc) is 2.47. The molecule has 2 N–H and O–H groups in total. The molecule has 96 valence electrons. The monoisotopic (exact) mass is 246 g/mol. The summed E-state index contributed by atoms with van der Waals surface area (Å²) in [5.74, 6) is 0. The molecular weight excluding hydrogens is 227 g/mol. The molecule has 1 saturated heterocycles. The third kappa shape index (κ3) is 2.04. The van der Waals surface area contributed by atoms with Gasteiger partial charge in [-0.2, -0.15) is 0 Å².